The average molecular weight is 835 g/mol. The second kappa shape index (κ2) is 23.8. The van der Waals surface area contributed by atoms with Crippen LogP contribution in [0.15, 0.2) is 152 Å². The Labute approximate surface area is 359 Å². The van der Waals surface area contributed by atoms with Crippen LogP contribution in [0.1, 0.15) is 41.2 Å². The van der Waals surface area contributed by atoms with Crippen molar-refractivity contribution in [2.24, 2.45) is 0 Å². The molecule has 2 N–H and O–H groups in total. The van der Waals surface area contributed by atoms with Gasteiger partial charge in [-0.3, -0.25) is 0 Å². The Kier molecular flexibility index (Phi) is 17.4. The monoisotopic (exact) mass is 834 g/mol. The number of aliphatic hydroxyl groups excluding tert-OH is 2. The summed E-state index contributed by atoms with van der Waals surface area (Å²) in [5.74, 6) is 0. The van der Waals surface area contributed by atoms with E-state index < -0.39 is 61.4 Å². The van der Waals surface area contributed by atoms with Gasteiger partial charge in [0.1, 0.15) is 48.8 Å². The molecule has 0 saturated carbocycles. The van der Waals surface area contributed by atoms with E-state index in [1.54, 1.807) is 0 Å². The third kappa shape index (κ3) is 13.1. The summed E-state index contributed by atoms with van der Waals surface area (Å²) in [4.78, 5) is 0. The molecule has 324 valence electrons. The molecule has 2 fully saturated rings. The van der Waals surface area contributed by atoms with Gasteiger partial charge in [0.05, 0.1) is 46.2 Å². The Balaban J connectivity index is 1.19. The van der Waals surface area contributed by atoms with Crippen molar-refractivity contribution >= 4 is 0 Å². The summed E-state index contributed by atoms with van der Waals surface area (Å²) < 4.78 is 58.7. The molecule has 2 saturated heterocycles. The van der Waals surface area contributed by atoms with Crippen LogP contribution in [0.3, 0.4) is 0 Å². The highest BCUT2D eigenvalue weighted by Crippen LogP contribution is 2.35. The first-order valence-corrected chi connectivity index (χ1v) is 21.2. The zero-order chi connectivity index (χ0) is 42.1. The van der Waals surface area contributed by atoms with E-state index in [0.717, 1.165) is 27.8 Å². The summed E-state index contributed by atoms with van der Waals surface area (Å²) in [5.41, 5.74) is 4.84. The number of rotatable bonds is 22. The topological polar surface area (TPSA) is 124 Å². The Hall–Kier alpha value is -4.34. The van der Waals surface area contributed by atoms with Crippen molar-refractivity contribution in [3.05, 3.63) is 179 Å². The molecular formula is C50H58O11. The molecule has 0 aliphatic carbocycles. The van der Waals surface area contributed by atoms with Crippen molar-refractivity contribution in [3.63, 3.8) is 0 Å². The van der Waals surface area contributed by atoms with Crippen molar-refractivity contribution in [2.75, 3.05) is 19.8 Å². The molecule has 0 radical (unpaired) electrons. The molecule has 2 aliphatic rings. The molecule has 10 atom stereocenters. The number of aliphatic hydroxyl groups is 2. The molecular weight excluding hydrogens is 777 g/mol. The fourth-order valence-corrected chi connectivity index (χ4v) is 7.51. The Morgan fingerprint density at radius 2 is 0.836 bits per heavy atom. The number of benzene rings is 5. The maximum Gasteiger partial charge on any atom is 0.187 e. The van der Waals surface area contributed by atoms with E-state index in [9.17, 15) is 10.2 Å². The van der Waals surface area contributed by atoms with E-state index in [1.807, 2.05) is 159 Å². The number of hydrogen-bond donors (Lipinski definition) is 2. The van der Waals surface area contributed by atoms with E-state index in [1.165, 1.54) is 0 Å². The maximum absolute atomic E-state index is 11.8. The quantitative estimate of drug-likeness (QED) is 0.0739. The molecule has 0 spiro atoms. The van der Waals surface area contributed by atoms with Gasteiger partial charge in [0.15, 0.2) is 12.6 Å². The van der Waals surface area contributed by atoms with Crippen LogP contribution >= 0.6 is 0 Å². The van der Waals surface area contributed by atoms with Crippen LogP contribution in [0.2, 0.25) is 0 Å². The van der Waals surface area contributed by atoms with Crippen LogP contribution in [-0.4, -0.2) is 91.4 Å². The van der Waals surface area contributed by atoms with Crippen molar-refractivity contribution in [3.8, 4) is 0 Å². The number of hydrogen-bond acceptors (Lipinski definition) is 11. The van der Waals surface area contributed by atoms with Crippen LogP contribution in [0.25, 0.3) is 0 Å². The maximum atomic E-state index is 11.8. The van der Waals surface area contributed by atoms with E-state index in [2.05, 4.69) is 0 Å². The molecule has 0 bridgehead atoms. The summed E-state index contributed by atoms with van der Waals surface area (Å²) in [6.45, 7) is 3.78. The Morgan fingerprint density at radius 1 is 0.426 bits per heavy atom. The van der Waals surface area contributed by atoms with Gasteiger partial charge in [0, 0.05) is 6.61 Å². The van der Waals surface area contributed by atoms with Crippen LogP contribution < -0.4 is 0 Å². The lowest BCUT2D eigenvalue weighted by Gasteiger charge is -2.49. The summed E-state index contributed by atoms with van der Waals surface area (Å²) in [6, 6.07) is 49.2. The van der Waals surface area contributed by atoms with Crippen molar-refractivity contribution in [2.45, 2.75) is 108 Å². The zero-order valence-corrected chi connectivity index (χ0v) is 34.6. The molecule has 5 aromatic carbocycles. The molecule has 7 rings (SSSR count). The highest BCUT2D eigenvalue weighted by molar-refractivity contribution is 5.17. The SMILES string of the molecule is CCCOC1C(O)C(COCc2ccccc2)OC(O)C1OC1OC(COCc2ccccc2)C(OCc2ccccc2)C(OCc2ccccc2)C1OCc1ccccc1. The second-order valence-corrected chi connectivity index (χ2v) is 15.3. The molecule has 2 aliphatic heterocycles. The first-order valence-electron chi connectivity index (χ1n) is 21.2. The summed E-state index contributed by atoms with van der Waals surface area (Å²) >= 11 is 0. The highest BCUT2D eigenvalue weighted by Gasteiger charge is 2.53. The third-order valence-electron chi connectivity index (χ3n) is 10.7. The fourth-order valence-electron chi connectivity index (χ4n) is 7.51. The van der Waals surface area contributed by atoms with Gasteiger partial charge in [-0.1, -0.05) is 159 Å². The first-order chi connectivity index (χ1) is 30.1. The molecule has 0 amide bonds. The van der Waals surface area contributed by atoms with Crippen molar-refractivity contribution in [1.82, 2.24) is 0 Å². The predicted molar refractivity (Wildman–Crippen MR) is 228 cm³/mol. The average Bonchev–Trinajstić information content (AvgIpc) is 3.30. The lowest BCUT2D eigenvalue weighted by Crippen LogP contribution is -2.66. The molecule has 61 heavy (non-hydrogen) atoms. The second-order valence-electron chi connectivity index (χ2n) is 15.3. The minimum absolute atomic E-state index is 0.0191. The van der Waals surface area contributed by atoms with Gasteiger partial charge >= 0.3 is 0 Å². The van der Waals surface area contributed by atoms with E-state index >= 15 is 0 Å². The van der Waals surface area contributed by atoms with Gasteiger partial charge < -0.3 is 52.8 Å². The van der Waals surface area contributed by atoms with Crippen LogP contribution in [0.4, 0.5) is 0 Å². The fraction of sp³-hybridized carbons (Fsp3) is 0.400. The van der Waals surface area contributed by atoms with Gasteiger partial charge in [0.2, 0.25) is 0 Å². The van der Waals surface area contributed by atoms with Crippen molar-refractivity contribution < 1.29 is 52.8 Å². The van der Waals surface area contributed by atoms with E-state index in [4.69, 9.17) is 42.6 Å². The van der Waals surface area contributed by atoms with Gasteiger partial charge in [0.25, 0.3) is 0 Å². The lowest BCUT2D eigenvalue weighted by atomic mass is 9.96. The predicted octanol–water partition coefficient (Wildman–Crippen LogP) is 7.16. The van der Waals surface area contributed by atoms with Gasteiger partial charge in [-0.15, -0.1) is 0 Å². The van der Waals surface area contributed by atoms with Gasteiger partial charge in [-0.25, -0.2) is 0 Å². The van der Waals surface area contributed by atoms with Crippen molar-refractivity contribution in [1.29, 1.82) is 0 Å². The third-order valence-corrected chi connectivity index (χ3v) is 10.7. The van der Waals surface area contributed by atoms with Gasteiger partial charge in [-0.05, 0) is 34.2 Å². The molecule has 2 heterocycles. The van der Waals surface area contributed by atoms with Gasteiger partial charge in [-0.2, -0.15) is 0 Å². The number of ether oxygens (including phenoxy) is 9. The minimum Gasteiger partial charge on any atom is -0.387 e. The Morgan fingerprint density at radius 3 is 1.30 bits per heavy atom. The van der Waals surface area contributed by atoms with Crippen LogP contribution in [0, 0.1) is 0 Å². The highest BCUT2D eigenvalue weighted by atomic mass is 16.8. The first kappa shape index (κ1) is 44.7. The minimum atomic E-state index is -1.52. The summed E-state index contributed by atoms with van der Waals surface area (Å²) in [5, 5.41) is 23.5. The van der Waals surface area contributed by atoms with Crippen LogP contribution in [0.5, 0.6) is 0 Å². The summed E-state index contributed by atoms with van der Waals surface area (Å²) in [7, 11) is 0. The molecule has 11 heteroatoms. The molecule has 10 unspecified atom stereocenters. The normalized spacial score (nSPS) is 26.5. The lowest BCUT2D eigenvalue weighted by molar-refractivity contribution is -0.376. The molecule has 0 aromatic heterocycles. The van der Waals surface area contributed by atoms with E-state index in [-0.39, 0.29) is 33.0 Å². The Bertz CT molecular complexity index is 1920. The molecule has 11 nitrogen and oxygen atoms in total. The largest absolute Gasteiger partial charge is 0.387 e. The molecule has 5 aromatic rings. The summed E-state index contributed by atoms with van der Waals surface area (Å²) in [6.07, 6.45) is -9.41. The zero-order valence-electron chi connectivity index (χ0n) is 34.6. The standard InChI is InChI=1S/C50H58O11/c1-2-28-55-45-43(51)41(34-53-29-36-18-8-3-9-19-36)59-49(52)47(45)61-50-48(58-33-40-26-16-7-17-27-40)46(57-32-39-24-14-6-15-25-39)44(56-31-38-22-12-5-13-23-38)42(60-50)35-54-30-37-20-10-4-11-21-37/h3-27,41-52H,2,28-35H2,1H3. The smallest absolute Gasteiger partial charge is 0.187 e. The van der Waals surface area contributed by atoms with Crippen LogP contribution in [-0.2, 0) is 75.7 Å². The van der Waals surface area contributed by atoms with E-state index in [0.29, 0.717) is 26.2 Å².